The van der Waals surface area contributed by atoms with E-state index in [-0.39, 0.29) is 23.2 Å². The first-order valence-electron chi connectivity index (χ1n) is 10.6. The molecular weight excluding hydrogens is 466 g/mol. The molecule has 170 valence electrons. The Morgan fingerprint density at radius 2 is 1.09 bits per heavy atom. The number of para-hydroxylation sites is 2. The maximum atomic E-state index is 13.0. The van der Waals surface area contributed by atoms with E-state index in [1.807, 2.05) is 48.5 Å². The number of benzene rings is 2. The van der Waals surface area contributed by atoms with Crippen LogP contribution in [0, 0.1) is 0 Å². The van der Waals surface area contributed by atoms with Gasteiger partial charge in [-0.25, -0.2) is 15.0 Å². The molecule has 0 unspecified atom stereocenters. The zero-order chi connectivity index (χ0) is 23.7. The quantitative estimate of drug-likeness (QED) is 0.342. The van der Waals surface area contributed by atoms with Crippen LogP contribution in [0.5, 0.6) is 0 Å². The van der Waals surface area contributed by atoms with E-state index in [1.165, 1.54) is 0 Å². The number of nitrogens with zero attached hydrogens (tertiary/aromatic N) is 5. The van der Waals surface area contributed by atoms with E-state index in [9.17, 15) is 9.59 Å². The molecule has 3 aromatic heterocycles. The van der Waals surface area contributed by atoms with Crippen molar-refractivity contribution in [3.63, 3.8) is 0 Å². The molecule has 0 saturated carbocycles. The molecule has 0 radical (unpaired) electrons. The van der Waals surface area contributed by atoms with E-state index >= 15 is 0 Å². The van der Waals surface area contributed by atoms with Crippen LogP contribution in [-0.4, -0.2) is 50.7 Å². The van der Waals surface area contributed by atoms with Gasteiger partial charge in [0.25, 0.3) is 11.8 Å². The van der Waals surface area contributed by atoms with Crippen LogP contribution < -0.4 is 0 Å². The maximum absolute atomic E-state index is 13.0. The number of rotatable bonds is 6. The van der Waals surface area contributed by atoms with Crippen LogP contribution in [0.2, 0.25) is 0 Å². The van der Waals surface area contributed by atoms with E-state index in [0.29, 0.717) is 13.1 Å². The van der Waals surface area contributed by atoms with Gasteiger partial charge in [0.1, 0.15) is 21.4 Å². The van der Waals surface area contributed by atoms with Crippen molar-refractivity contribution in [3.05, 3.63) is 88.1 Å². The Bertz CT molecular complexity index is 1330. The van der Waals surface area contributed by atoms with Crippen molar-refractivity contribution in [2.45, 2.75) is 13.1 Å². The van der Waals surface area contributed by atoms with E-state index in [2.05, 4.69) is 15.0 Å². The summed E-state index contributed by atoms with van der Waals surface area (Å²) in [5.41, 5.74) is 2.29. The zero-order valence-corrected chi connectivity index (χ0v) is 20.3. The number of carbonyl (C=O) groups excluding carboxylic acids is 2. The third-order valence-corrected chi connectivity index (χ3v) is 7.34. The largest absolute Gasteiger partial charge is 0.334 e. The summed E-state index contributed by atoms with van der Waals surface area (Å²) >= 11 is 3.12. The number of hydrogen-bond acceptors (Lipinski definition) is 7. The van der Waals surface area contributed by atoms with Gasteiger partial charge in [-0.1, -0.05) is 30.3 Å². The fourth-order valence-electron chi connectivity index (χ4n) is 3.59. The fourth-order valence-corrected chi connectivity index (χ4v) is 5.63. The van der Waals surface area contributed by atoms with Crippen LogP contribution >= 0.6 is 22.7 Å². The molecule has 0 bridgehead atoms. The zero-order valence-electron chi connectivity index (χ0n) is 18.6. The summed E-state index contributed by atoms with van der Waals surface area (Å²) in [6.45, 7) is 0.741. The molecule has 5 rings (SSSR count). The molecule has 5 aromatic rings. The van der Waals surface area contributed by atoms with Crippen molar-refractivity contribution in [1.82, 2.24) is 24.8 Å². The Hall–Kier alpha value is -3.69. The van der Waals surface area contributed by atoms with Crippen molar-refractivity contribution in [2.75, 3.05) is 14.1 Å². The average molecular weight is 488 g/mol. The standard InChI is InChI=1S/C25H21N5O2S2/c1-29(14-22-27-16-8-3-5-12-20(16)33-22)24(31)18-10-7-11-19(26-18)25(32)30(2)15-23-28-17-9-4-6-13-21(17)34-23/h3-13H,14-15H2,1-2H3. The Balaban J connectivity index is 1.28. The molecule has 0 atom stereocenters. The molecule has 9 heteroatoms. The molecule has 34 heavy (non-hydrogen) atoms. The SMILES string of the molecule is CN(Cc1nc2ccccc2s1)C(=O)c1cccc(C(=O)N(C)Cc2nc3ccccc3s2)n1. The van der Waals surface area contributed by atoms with Crippen LogP contribution in [-0.2, 0) is 13.1 Å². The van der Waals surface area contributed by atoms with Gasteiger partial charge in [0.15, 0.2) is 0 Å². The number of thiazole rings is 2. The molecule has 0 aliphatic carbocycles. The van der Waals surface area contributed by atoms with Gasteiger partial charge in [0, 0.05) is 14.1 Å². The Kier molecular flexibility index (Phi) is 6.04. The second-order valence-electron chi connectivity index (χ2n) is 7.88. The van der Waals surface area contributed by atoms with Crippen molar-refractivity contribution < 1.29 is 9.59 Å². The Morgan fingerprint density at radius 1 is 0.647 bits per heavy atom. The monoisotopic (exact) mass is 487 g/mol. The van der Waals surface area contributed by atoms with Crippen molar-refractivity contribution >= 4 is 54.9 Å². The van der Waals surface area contributed by atoms with Crippen LogP contribution in [0.1, 0.15) is 31.0 Å². The van der Waals surface area contributed by atoms with Gasteiger partial charge in [-0.2, -0.15) is 0 Å². The molecule has 2 aromatic carbocycles. The summed E-state index contributed by atoms with van der Waals surface area (Å²) in [5, 5.41) is 1.69. The predicted octanol–water partition coefficient (Wildman–Crippen LogP) is 4.85. The molecular formula is C25H21N5O2S2. The number of pyridine rings is 1. The minimum absolute atomic E-state index is 0.225. The minimum atomic E-state index is -0.261. The number of aromatic nitrogens is 3. The minimum Gasteiger partial charge on any atom is -0.334 e. The van der Waals surface area contributed by atoms with Crippen molar-refractivity contribution in [3.8, 4) is 0 Å². The normalized spacial score (nSPS) is 11.1. The smallest absolute Gasteiger partial charge is 0.272 e. The first-order chi connectivity index (χ1) is 16.5. The Labute approximate surface area is 204 Å². The number of fused-ring (bicyclic) bond motifs is 2. The summed E-state index contributed by atoms with van der Waals surface area (Å²) in [5.74, 6) is -0.523. The van der Waals surface area contributed by atoms with E-state index < -0.39 is 0 Å². The second-order valence-corrected chi connectivity index (χ2v) is 10.1. The summed E-state index contributed by atoms with van der Waals surface area (Å²) in [4.78, 5) is 42.7. The van der Waals surface area contributed by atoms with Gasteiger partial charge in [-0.3, -0.25) is 9.59 Å². The molecule has 2 amide bonds. The first-order valence-corrected chi connectivity index (χ1v) is 12.3. The number of amides is 2. The maximum Gasteiger partial charge on any atom is 0.272 e. The summed E-state index contributed by atoms with van der Waals surface area (Å²) < 4.78 is 2.17. The summed E-state index contributed by atoms with van der Waals surface area (Å²) in [6.07, 6.45) is 0. The van der Waals surface area contributed by atoms with Crippen LogP contribution in [0.3, 0.4) is 0 Å². The van der Waals surface area contributed by atoms with E-state index in [4.69, 9.17) is 0 Å². The van der Waals surface area contributed by atoms with E-state index in [0.717, 1.165) is 30.4 Å². The van der Waals surface area contributed by atoms with Gasteiger partial charge in [-0.05, 0) is 36.4 Å². The van der Waals surface area contributed by atoms with Crippen LogP contribution in [0.25, 0.3) is 20.4 Å². The summed E-state index contributed by atoms with van der Waals surface area (Å²) in [7, 11) is 3.42. The van der Waals surface area contributed by atoms with Gasteiger partial charge < -0.3 is 9.80 Å². The topological polar surface area (TPSA) is 79.3 Å². The highest BCUT2D eigenvalue weighted by Gasteiger charge is 2.20. The lowest BCUT2D eigenvalue weighted by atomic mass is 10.2. The highest BCUT2D eigenvalue weighted by atomic mass is 32.1. The Morgan fingerprint density at radius 3 is 1.53 bits per heavy atom. The van der Waals surface area contributed by atoms with Crippen molar-refractivity contribution in [2.24, 2.45) is 0 Å². The third-order valence-electron chi connectivity index (χ3n) is 5.30. The molecule has 0 fully saturated rings. The van der Waals surface area contributed by atoms with Crippen LogP contribution in [0.15, 0.2) is 66.7 Å². The third kappa shape index (κ3) is 4.52. The highest BCUT2D eigenvalue weighted by Crippen LogP contribution is 2.24. The average Bonchev–Trinajstić information content (AvgIpc) is 3.45. The molecule has 0 spiro atoms. The van der Waals surface area contributed by atoms with Gasteiger partial charge >= 0.3 is 0 Å². The lowest BCUT2D eigenvalue weighted by molar-refractivity contribution is 0.0771. The van der Waals surface area contributed by atoms with Crippen molar-refractivity contribution in [1.29, 1.82) is 0 Å². The predicted molar refractivity (Wildman–Crippen MR) is 135 cm³/mol. The van der Waals surface area contributed by atoms with Crippen LogP contribution in [0.4, 0.5) is 0 Å². The number of hydrogen-bond donors (Lipinski definition) is 0. The lowest BCUT2D eigenvalue weighted by Crippen LogP contribution is -2.30. The molecule has 0 N–H and O–H groups in total. The molecule has 7 nitrogen and oxygen atoms in total. The summed E-state index contributed by atoms with van der Waals surface area (Å²) in [6, 6.07) is 20.7. The highest BCUT2D eigenvalue weighted by molar-refractivity contribution is 7.18. The fraction of sp³-hybridized carbons (Fsp3) is 0.160. The van der Waals surface area contributed by atoms with Gasteiger partial charge in [0.2, 0.25) is 0 Å². The van der Waals surface area contributed by atoms with E-state index in [1.54, 1.807) is 64.8 Å². The molecule has 0 saturated heterocycles. The van der Waals surface area contributed by atoms with Gasteiger partial charge in [-0.15, -0.1) is 22.7 Å². The molecule has 0 aliphatic rings. The molecule has 3 heterocycles. The molecule has 0 aliphatic heterocycles. The second kappa shape index (κ2) is 9.28. The first kappa shape index (κ1) is 22.1. The number of carbonyl (C=O) groups is 2. The lowest BCUT2D eigenvalue weighted by Gasteiger charge is -2.17. The van der Waals surface area contributed by atoms with Gasteiger partial charge in [0.05, 0.1) is 33.5 Å².